The van der Waals surface area contributed by atoms with Crippen LogP contribution in [0.2, 0.25) is 0 Å². The van der Waals surface area contributed by atoms with Crippen molar-refractivity contribution in [2.75, 3.05) is 37.6 Å². The van der Waals surface area contributed by atoms with E-state index in [0.717, 1.165) is 30.9 Å². The molecule has 2 rings (SSSR count). The number of allylic oxidation sites excluding steroid dienone is 1. The molecule has 0 radical (unpaired) electrons. The highest BCUT2D eigenvalue weighted by molar-refractivity contribution is 5.78. The fraction of sp³-hybridized carbons (Fsp3) is 0.526. The zero-order chi connectivity index (χ0) is 17.7. The second-order valence-corrected chi connectivity index (χ2v) is 7.58. The van der Waals surface area contributed by atoms with Crippen molar-refractivity contribution in [3.63, 3.8) is 0 Å². The van der Waals surface area contributed by atoms with E-state index in [9.17, 15) is 9.90 Å². The van der Waals surface area contributed by atoms with Crippen LogP contribution in [0.1, 0.15) is 27.2 Å². The minimum atomic E-state index is 0.121. The summed E-state index contributed by atoms with van der Waals surface area (Å²) in [5.74, 6) is 0.393. The van der Waals surface area contributed by atoms with Gasteiger partial charge < -0.3 is 20.2 Å². The Kier molecular flexibility index (Phi) is 5.75. The number of carbonyl (C=O) groups excluding carboxylic acids is 1. The summed E-state index contributed by atoms with van der Waals surface area (Å²) in [5, 5.41) is 12.5. The Morgan fingerprint density at radius 3 is 2.29 bits per heavy atom. The van der Waals surface area contributed by atoms with Crippen molar-refractivity contribution in [3.8, 4) is 5.75 Å². The first-order valence-corrected chi connectivity index (χ1v) is 8.48. The number of nitrogens with one attached hydrogen (secondary N) is 1. The smallest absolute Gasteiger partial charge is 0.241 e. The van der Waals surface area contributed by atoms with Gasteiger partial charge in [0, 0.05) is 37.6 Å². The molecule has 1 aliphatic heterocycles. The largest absolute Gasteiger partial charge is 0.508 e. The summed E-state index contributed by atoms with van der Waals surface area (Å²) >= 11 is 0. The second kappa shape index (κ2) is 7.60. The van der Waals surface area contributed by atoms with E-state index in [1.54, 1.807) is 12.1 Å². The van der Waals surface area contributed by atoms with E-state index >= 15 is 0 Å². The number of aromatic hydroxyl groups is 1. The van der Waals surface area contributed by atoms with Crippen LogP contribution < -0.4 is 10.2 Å². The van der Waals surface area contributed by atoms with Gasteiger partial charge in [0.25, 0.3) is 0 Å². The molecule has 0 unspecified atom stereocenters. The zero-order valence-electron chi connectivity index (χ0n) is 15.0. The molecule has 0 bridgehead atoms. The molecule has 0 atom stereocenters. The molecule has 1 heterocycles. The minimum absolute atomic E-state index is 0.121. The number of carbonyl (C=O) groups is 1. The molecule has 0 aliphatic carbocycles. The highest BCUT2D eigenvalue weighted by Crippen LogP contribution is 2.22. The van der Waals surface area contributed by atoms with Gasteiger partial charge in [-0.05, 0) is 36.1 Å². The average molecular weight is 331 g/mol. The molecule has 2 N–H and O–H groups in total. The van der Waals surface area contributed by atoms with E-state index in [-0.39, 0.29) is 17.1 Å². The monoisotopic (exact) mass is 331 g/mol. The van der Waals surface area contributed by atoms with Crippen molar-refractivity contribution in [2.45, 2.75) is 27.2 Å². The average Bonchev–Trinajstić information content (AvgIpc) is 2.52. The molecule has 1 amide bonds. The fourth-order valence-electron chi connectivity index (χ4n) is 2.89. The van der Waals surface area contributed by atoms with Gasteiger partial charge in [0.05, 0.1) is 6.54 Å². The highest BCUT2D eigenvalue weighted by atomic mass is 16.3. The quantitative estimate of drug-likeness (QED) is 0.871. The van der Waals surface area contributed by atoms with Crippen LogP contribution in [-0.4, -0.2) is 48.6 Å². The molecule has 24 heavy (non-hydrogen) atoms. The number of anilines is 1. The van der Waals surface area contributed by atoms with Crippen LogP contribution in [0.15, 0.2) is 36.5 Å². The number of hydrogen-bond acceptors (Lipinski definition) is 4. The number of benzene rings is 1. The van der Waals surface area contributed by atoms with E-state index in [4.69, 9.17) is 0 Å². The molecule has 1 saturated heterocycles. The molecule has 1 aliphatic rings. The van der Waals surface area contributed by atoms with Crippen LogP contribution in [0.5, 0.6) is 5.75 Å². The molecule has 5 heteroatoms. The Hall–Kier alpha value is -2.17. The second-order valence-electron chi connectivity index (χ2n) is 7.58. The van der Waals surface area contributed by atoms with Crippen LogP contribution in [-0.2, 0) is 4.79 Å². The third-order valence-corrected chi connectivity index (χ3v) is 4.08. The Bertz CT molecular complexity index is 567. The van der Waals surface area contributed by atoms with Gasteiger partial charge in [-0.15, -0.1) is 0 Å². The van der Waals surface area contributed by atoms with E-state index in [1.807, 2.05) is 17.0 Å². The SMILES string of the molecule is C=C(CC(C)(C)C)NCC(=O)N1CCN(c2ccc(O)cc2)CC1. The lowest BCUT2D eigenvalue weighted by molar-refractivity contribution is -0.130. The lowest BCUT2D eigenvalue weighted by Crippen LogP contribution is -2.50. The summed E-state index contributed by atoms with van der Waals surface area (Å²) in [5.41, 5.74) is 2.17. The summed E-state index contributed by atoms with van der Waals surface area (Å²) in [6, 6.07) is 7.20. The first-order chi connectivity index (χ1) is 11.2. The van der Waals surface area contributed by atoms with Gasteiger partial charge in [-0.2, -0.15) is 0 Å². The summed E-state index contributed by atoms with van der Waals surface area (Å²) in [7, 11) is 0. The van der Waals surface area contributed by atoms with Gasteiger partial charge in [0.15, 0.2) is 0 Å². The fourth-order valence-corrected chi connectivity index (χ4v) is 2.89. The molecule has 0 spiro atoms. The third-order valence-electron chi connectivity index (χ3n) is 4.08. The van der Waals surface area contributed by atoms with Gasteiger partial charge in [-0.25, -0.2) is 0 Å². The number of hydrogen-bond donors (Lipinski definition) is 2. The van der Waals surface area contributed by atoms with E-state index in [0.29, 0.717) is 19.6 Å². The summed E-state index contributed by atoms with van der Waals surface area (Å²) in [6.07, 6.45) is 0.856. The van der Waals surface area contributed by atoms with Crippen molar-refractivity contribution in [1.82, 2.24) is 10.2 Å². The Morgan fingerprint density at radius 2 is 1.75 bits per heavy atom. The van der Waals surface area contributed by atoms with Crippen LogP contribution in [0.3, 0.4) is 0 Å². The van der Waals surface area contributed by atoms with E-state index < -0.39 is 0 Å². The first kappa shape index (κ1) is 18.2. The molecule has 1 aromatic rings. The Labute approximate surface area is 145 Å². The van der Waals surface area contributed by atoms with Crippen LogP contribution in [0, 0.1) is 5.41 Å². The van der Waals surface area contributed by atoms with Crippen LogP contribution in [0.25, 0.3) is 0 Å². The maximum Gasteiger partial charge on any atom is 0.241 e. The topological polar surface area (TPSA) is 55.8 Å². The summed E-state index contributed by atoms with van der Waals surface area (Å²) < 4.78 is 0. The lowest BCUT2D eigenvalue weighted by atomic mass is 9.91. The van der Waals surface area contributed by atoms with Crippen molar-refractivity contribution in [1.29, 1.82) is 0 Å². The maximum atomic E-state index is 12.3. The molecule has 0 saturated carbocycles. The van der Waals surface area contributed by atoms with Gasteiger partial charge in [0.2, 0.25) is 5.91 Å². The van der Waals surface area contributed by atoms with E-state index in [1.165, 1.54) is 0 Å². The van der Waals surface area contributed by atoms with Gasteiger partial charge in [-0.3, -0.25) is 4.79 Å². The summed E-state index contributed by atoms with van der Waals surface area (Å²) in [6.45, 7) is 13.8. The van der Waals surface area contributed by atoms with Crippen molar-refractivity contribution < 1.29 is 9.90 Å². The van der Waals surface area contributed by atoms with Crippen molar-refractivity contribution in [2.24, 2.45) is 5.41 Å². The molecule has 132 valence electrons. The standard InChI is InChI=1S/C19H29N3O2/c1-15(13-19(2,3)4)20-14-18(24)22-11-9-21(10-12-22)16-5-7-17(23)8-6-16/h5-8,20,23H,1,9-14H2,2-4H3. The molecule has 1 aromatic carbocycles. The number of phenolic OH excluding ortho intramolecular Hbond substituents is 1. The third kappa shape index (κ3) is 5.48. The number of nitrogens with zero attached hydrogens (tertiary/aromatic N) is 2. The molecular weight excluding hydrogens is 302 g/mol. The molecule has 5 nitrogen and oxygen atoms in total. The molecule has 1 fully saturated rings. The predicted octanol–water partition coefficient (Wildman–Crippen LogP) is 2.58. The number of phenols is 1. The highest BCUT2D eigenvalue weighted by Gasteiger charge is 2.21. The predicted molar refractivity (Wildman–Crippen MR) is 98.1 cm³/mol. The molecular formula is C19H29N3O2. The van der Waals surface area contributed by atoms with Gasteiger partial charge in [-0.1, -0.05) is 27.4 Å². The summed E-state index contributed by atoms with van der Waals surface area (Å²) in [4.78, 5) is 16.5. The number of rotatable bonds is 5. The van der Waals surface area contributed by atoms with Crippen LogP contribution >= 0.6 is 0 Å². The van der Waals surface area contributed by atoms with Crippen molar-refractivity contribution in [3.05, 3.63) is 36.5 Å². The lowest BCUT2D eigenvalue weighted by Gasteiger charge is -2.36. The maximum absolute atomic E-state index is 12.3. The van der Waals surface area contributed by atoms with Gasteiger partial charge in [0.1, 0.15) is 5.75 Å². The van der Waals surface area contributed by atoms with Crippen molar-refractivity contribution >= 4 is 11.6 Å². The first-order valence-electron chi connectivity index (χ1n) is 8.48. The number of piperazine rings is 1. The minimum Gasteiger partial charge on any atom is -0.508 e. The van der Waals surface area contributed by atoms with Gasteiger partial charge >= 0.3 is 0 Å². The Balaban J connectivity index is 1.76. The molecule has 0 aromatic heterocycles. The van der Waals surface area contributed by atoms with E-state index in [2.05, 4.69) is 37.6 Å². The zero-order valence-corrected chi connectivity index (χ0v) is 15.0. The normalized spacial score (nSPS) is 15.3. The Morgan fingerprint density at radius 1 is 1.17 bits per heavy atom. The van der Waals surface area contributed by atoms with Crippen LogP contribution in [0.4, 0.5) is 5.69 Å². The number of amides is 1.